The molecule has 1 aromatic rings. The Morgan fingerprint density at radius 1 is 1.27 bits per heavy atom. The molecule has 2 N–H and O–H groups in total. The summed E-state index contributed by atoms with van der Waals surface area (Å²) in [6.45, 7) is 3.51. The first-order valence-electron chi connectivity index (χ1n) is 6.80. The maximum Gasteiger partial charge on any atom is 0.326 e. The number of carbonyl (C=O) groups is 2. The maximum atomic E-state index is 14.0. The molecule has 122 valence electrons. The van der Waals surface area contributed by atoms with Crippen LogP contribution in [-0.4, -0.2) is 37.2 Å². The van der Waals surface area contributed by atoms with Crippen molar-refractivity contribution in [1.82, 2.24) is 5.32 Å². The van der Waals surface area contributed by atoms with Crippen LogP contribution in [0.5, 0.6) is 11.5 Å². The molecule has 0 spiro atoms. The highest BCUT2D eigenvalue weighted by molar-refractivity contribution is 5.97. The van der Waals surface area contributed by atoms with E-state index >= 15 is 0 Å². The zero-order chi connectivity index (χ0) is 16.9. The number of rotatable bonds is 7. The maximum absolute atomic E-state index is 14.0. The smallest absolute Gasteiger partial charge is 0.326 e. The van der Waals surface area contributed by atoms with Gasteiger partial charge in [-0.25, -0.2) is 9.18 Å². The van der Waals surface area contributed by atoms with Gasteiger partial charge in [-0.3, -0.25) is 4.79 Å². The predicted octanol–water partition coefficient (Wildman–Crippen LogP) is 2.07. The second-order valence-corrected chi connectivity index (χ2v) is 4.86. The molecule has 0 saturated heterocycles. The van der Waals surface area contributed by atoms with Crippen molar-refractivity contribution >= 4 is 11.9 Å². The van der Waals surface area contributed by atoms with Gasteiger partial charge in [0.05, 0.1) is 19.8 Å². The molecule has 22 heavy (non-hydrogen) atoms. The molecular formula is C15H20FNO5. The van der Waals surface area contributed by atoms with E-state index in [-0.39, 0.29) is 23.0 Å². The third kappa shape index (κ3) is 3.87. The number of benzene rings is 1. The number of halogens is 1. The van der Waals surface area contributed by atoms with E-state index in [1.807, 2.05) is 6.92 Å². The van der Waals surface area contributed by atoms with E-state index in [0.717, 1.165) is 6.07 Å². The quantitative estimate of drug-likeness (QED) is 0.805. The summed E-state index contributed by atoms with van der Waals surface area (Å²) in [7, 11) is 2.71. The third-order valence-electron chi connectivity index (χ3n) is 3.48. The van der Waals surface area contributed by atoms with Crippen LogP contribution < -0.4 is 14.8 Å². The van der Waals surface area contributed by atoms with Gasteiger partial charge < -0.3 is 19.9 Å². The minimum Gasteiger partial charge on any atom is -0.493 e. The number of carboxylic acid groups (broad SMARTS) is 1. The monoisotopic (exact) mass is 313 g/mol. The van der Waals surface area contributed by atoms with Crippen LogP contribution in [0.3, 0.4) is 0 Å². The summed E-state index contributed by atoms with van der Waals surface area (Å²) in [5.74, 6) is -2.75. The van der Waals surface area contributed by atoms with Gasteiger partial charge in [0.1, 0.15) is 11.9 Å². The van der Waals surface area contributed by atoms with Gasteiger partial charge in [-0.15, -0.1) is 0 Å². The van der Waals surface area contributed by atoms with Crippen molar-refractivity contribution in [2.24, 2.45) is 5.92 Å². The fourth-order valence-corrected chi connectivity index (χ4v) is 1.93. The average molecular weight is 313 g/mol. The molecule has 2 atom stereocenters. The standard InChI is InChI=1S/C15H20FNO5/c1-5-8(2)13(15(19)20)17-14(18)9-6-11(21-3)12(22-4)7-10(9)16/h6-8,13H,5H2,1-4H3,(H,17,18)(H,19,20)/t8-,13-/m0/s1. The first-order chi connectivity index (χ1) is 10.3. The Hall–Kier alpha value is -2.31. The molecule has 0 aliphatic carbocycles. The molecule has 0 aliphatic heterocycles. The second-order valence-electron chi connectivity index (χ2n) is 4.86. The molecule has 0 unspecified atom stereocenters. The SMILES string of the molecule is CC[C@H](C)[C@H](NC(=O)c1cc(OC)c(OC)cc1F)C(=O)O. The summed E-state index contributed by atoms with van der Waals surface area (Å²) < 4.78 is 23.9. The Labute approximate surface area is 128 Å². The van der Waals surface area contributed by atoms with Gasteiger partial charge in [0.15, 0.2) is 11.5 Å². The summed E-state index contributed by atoms with van der Waals surface area (Å²) in [6, 6.07) is 1.11. The van der Waals surface area contributed by atoms with Crippen LogP contribution in [0.1, 0.15) is 30.6 Å². The van der Waals surface area contributed by atoms with Gasteiger partial charge >= 0.3 is 5.97 Å². The van der Waals surface area contributed by atoms with E-state index in [2.05, 4.69) is 5.32 Å². The molecule has 0 heterocycles. The van der Waals surface area contributed by atoms with Crippen LogP contribution in [0.25, 0.3) is 0 Å². The van der Waals surface area contributed by atoms with Crippen LogP contribution in [0.15, 0.2) is 12.1 Å². The molecular weight excluding hydrogens is 293 g/mol. The molecule has 0 radical (unpaired) electrons. The lowest BCUT2D eigenvalue weighted by molar-refractivity contribution is -0.140. The van der Waals surface area contributed by atoms with Crippen LogP contribution >= 0.6 is 0 Å². The minimum absolute atomic E-state index is 0.147. The van der Waals surface area contributed by atoms with Gasteiger partial charge in [-0.05, 0) is 12.0 Å². The molecule has 6 nitrogen and oxygen atoms in total. The van der Waals surface area contributed by atoms with E-state index in [0.29, 0.717) is 6.42 Å². The first kappa shape index (κ1) is 17.7. The van der Waals surface area contributed by atoms with Crippen molar-refractivity contribution in [2.75, 3.05) is 14.2 Å². The lowest BCUT2D eigenvalue weighted by Crippen LogP contribution is -2.45. The van der Waals surface area contributed by atoms with E-state index < -0.39 is 23.7 Å². The molecule has 1 aromatic carbocycles. The van der Waals surface area contributed by atoms with Crippen molar-refractivity contribution in [3.8, 4) is 11.5 Å². The number of nitrogens with one attached hydrogen (secondary N) is 1. The van der Waals surface area contributed by atoms with Crippen LogP contribution in [-0.2, 0) is 4.79 Å². The number of methoxy groups -OCH3 is 2. The highest BCUT2D eigenvalue weighted by Gasteiger charge is 2.27. The van der Waals surface area contributed by atoms with E-state index in [1.165, 1.54) is 20.3 Å². The van der Waals surface area contributed by atoms with Gasteiger partial charge in [0.25, 0.3) is 5.91 Å². The summed E-state index contributed by atoms with van der Waals surface area (Å²) in [4.78, 5) is 23.4. The van der Waals surface area contributed by atoms with Gasteiger partial charge in [-0.2, -0.15) is 0 Å². The minimum atomic E-state index is -1.16. The molecule has 0 aliphatic rings. The van der Waals surface area contributed by atoms with Crippen molar-refractivity contribution in [1.29, 1.82) is 0 Å². The van der Waals surface area contributed by atoms with Crippen molar-refractivity contribution < 1.29 is 28.6 Å². The van der Waals surface area contributed by atoms with Crippen molar-refractivity contribution in [2.45, 2.75) is 26.3 Å². The molecule has 0 saturated carbocycles. The first-order valence-corrected chi connectivity index (χ1v) is 6.80. The zero-order valence-electron chi connectivity index (χ0n) is 13.0. The number of amides is 1. The van der Waals surface area contributed by atoms with E-state index in [9.17, 15) is 14.0 Å². The van der Waals surface area contributed by atoms with E-state index in [4.69, 9.17) is 14.6 Å². The van der Waals surface area contributed by atoms with Gasteiger partial charge in [-0.1, -0.05) is 20.3 Å². The third-order valence-corrected chi connectivity index (χ3v) is 3.48. The Morgan fingerprint density at radius 3 is 2.27 bits per heavy atom. The summed E-state index contributed by atoms with van der Waals surface area (Å²) in [5.41, 5.74) is -0.299. The summed E-state index contributed by atoms with van der Waals surface area (Å²) >= 11 is 0. The van der Waals surface area contributed by atoms with Gasteiger partial charge in [0.2, 0.25) is 0 Å². The van der Waals surface area contributed by atoms with Crippen molar-refractivity contribution in [3.05, 3.63) is 23.5 Å². The summed E-state index contributed by atoms with van der Waals surface area (Å²) in [5, 5.41) is 11.5. The van der Waals surface area contributed by atoms with Crippen LogP contribution in [0.4, 0.5) is 4.39 Å². The number of carbonyl (C=O) groups excluding carboxylic acids is 1. The molecule has 0 aromatic heterocycles. The second kappa shape index (κ2) is 7.63. The van der Waals surface area contributed by atoms with Gasteiger partial charge in [0, 0.05) is 6.07 Å². The van der Waals surface area contributed by atoms with Crippen LogP contribution in [0, 0.1) is 11.7 Å². The molecule has 1 amide bonds. The Kier molecular flexibility index (Phi) is 6.15. The molecule has 0 bridgehead atoms. The molecule has 0 fully saturated rings. The topological polar surface area (TPSA) is 84.9 Å². The predicted molar refractivity (Wildman–Crippen MR) is 77.8 cm³/mol. The number of hydrogen-bond acceptors (Lipinski definition) is 4. The summed E-state index contributed by atoms with van der Waals surface area (Å²) in [6.07, 6.45) is 0.561. The zero-order valence-corrected chi connectivity index (χ0v) is 13.0. The largest absolute Gasteiger partial charge is 0.493 e. The molecule has 7 heteroatoms. The van der Waals surface area contributed by atoms with E-state index in [1.54, 1.807) is 6.92 Å². The Bertz CT molecular complexity index is 561. The lowest BCUT2D eigenvalue weighted by atomic mass is 9.99. The van der Waals surface area contributed by atoms with Crippen LogP contribution in [0.2, 0.25) is 0 Å². The number of ether oxygens (including phenoxy) is 2. The average Bonchev–Trinajstić information content (AvgIpc) is 2.50. The Morgan fingerprint density at radius 2 is 1.82 bits per heavy atom. The fraction of sp³-hybridized carbons (Fsp3) is 0.467. The lowest BCUT2D eigenvalue weighted by Gasteiger charge is -2.20. The highest BCUT2D eigenvalue weighted by atomic mass is 19.1. The number of hydrogen-bond donors (Lipinski definition) is 2. The molecule has 1 rings (SSSR count). The normalized spacial score (nSPS) is 13.1. The number of aliphatic carboxylic acids is 1. The fourth-order valence-electron chi connectivity index (χ4n) is 1.93. The van der Waals surface area contributed by atoms with Crippen molar-refractivity contribution in [3.63, 3.8) is 0 Å². The highest BCUT2D eigenvalue weighted by Crippen LogP contribution is 2.29. The number of carboxylic acids is 1. The Balaban J connectivity index is 3.09.